The van der Waals surface area contributed by atoms with Crippen molar-refractivity contribution in [2.45, 2.75) is 39.4 Å². The standard InChI is InChI=1S/C26H28N6O4/c1-4-14-30-24(35)20-11-10-19(23(34)28-17(2)3)15-21(20)32-25(30)29-31(26(32)36)16-22(33)27-13-12-18-8-6-5-7-9-18/h4-11,15,17H,1,12-14,16H2,2-3H3,(H,27,33)(H,28,34). The highest BCUT2D eigenvalue weighted by molar-refractivity contribution is 5.98. The summed E-state index contributed by atoms with van der Waals surface area (Å²) in [6.45, 7) is 7.57. The molecule has 0 saturated heterocycles. The van der Waals surface area contributed by atoms with Gasteiger partial charge in [-0.3, -0.25) is 19.0 Å². The van der Waals surface area contributed by atoms with E-state index in [2.05, 4.69) is 22.3 Å². The molecule has 0 bridgehead atoms. The van der Waals surface area contributed by atoms with Gasteiger partial charge in [0.05, 0.1) is 10.9 Å². The van der Waals surface area contributed by atoms with E-state index < -0.39 is 5.69 Å². The van der Waals surface area contributed by atoms with E-state index in [-0.39, 0.29) is 53.2 Å². The minimum atomic E-state index is -0.590. The first-order valence-electron chi connectivity index (χ1n) is 11.7. The number of amides is 2. The molecule has 0 saturated carbocycles. The van der Waals surface area contributed by atoms with E-state index in [1.165, 1.54) is 27.2 Å². The van der Waals surface area contributed by atoms with Crippen LogP contribution in [0.3, 0.4) is 0 Å². The van der Waals surface area contributed by atoms with Crippen LogP contribution in [-0.2, 0) is 24.3 Å². The van der Waals surface area contributed by atoms with Crippen LogP contribution in [0.5, 0.6) is 0 Å². The maximum atomic E-state index is 13.3. The number of hydrogen-bond donors (Lipinski definition) is 2. The van der Waals surface area contributed by atoms with E-state index in [1.807, 2.05) is 44.2 Å². The topological polar surface area (TPSA) is 120 Å². The summed E-state index contributed by atoms with van der Waals surface area (Å²) in [7, 11) is 0. The van der Waals surface area contributed by atoms with Crippen LogP contribution < -0.4 is 21.9 Å². The van der Waals surface area contributed by atoms with Crippen molar-refractivity contribution >= 4 is 28.5 Å². The average Bonchev–Trinajstić information content (AvgIpc) is 3.17. The summed E-state index contributed by atoms with van der Waals surface area (Å²) in [5.41, 5.74) is 0.661. The van der Waals surface area contributed by atoms with Crippen molar-refractivity contribution in [1.82, 2.24) is 29.4 Å². The lowest BCUT2D eigenvalue weighted by molar-refractivity contribution is -0.121. The number of nitrogens with one attached hydrogen (secondary N) is 2. The SMILES string of the molecule is C=CCn1c(=O)c2ccc(C(=O)NC(C)C)cc2n2c(=O)n(CC(=O)NCCc3ccccc3)nc12. The molecule has 10 heteroatoms. The summed E-state index contributed by atoms with van der Waals surface area (Å²) in [4.78, 5) is 51.6. The van der Waals surface area contributed by atoms with Gasteiger partial charge < -0.3 is 10.6 Å². The number of hydrogen-bond acceptors (Lipinski definition) is 5. The van der Waals surface area contributed by atoms with Gasteiger partial charge in [-0.15, -0.1) is 11.7 Å². The van der Waals surface area contributed by atoms with E-state index >= 15 is 0 Å². The zero-order valence-electron chi connectivity index (χ0n) is 20.2. The van der Waals surface area contributed by atoms with Crippen LogP contribution in [-0.4, -0.2) is 43.1 Å². The van der Waals surface area contributed by atoms with Crippen molar-refractivity contribution in [2.24, 2.45) is 0 Å². The Bertz CT molecular complexity index is 1560. The van der Waals surface area contributed by atoms with Crippen LogP contribution in [0.4, 0.5) is 0 Å². The molecule has 0 aliphatic carbocycles. The van der Waals surface area contributed by atoms with Gasteiger partial charge in [-0.2, -0.15) is 0 Å². The van der Waals surface area contributed by atoms with Crippen molar-refractivity contribution in [3.05, 3.63) is 93.2 Å². The van der Waals surface area contributed by atoms with Crippen molar-refractivity contribution in [3.63, 3.8) is 0 Å². The first-order chi connectivity index (χ1) is 17.3. The molecule has 4 aromatic rings. The Balaban J connectivity index is 1.71. The molecule has 0 radical (unpaired) electrons. The average molecular weight is 489 g/mol. The van der Waals surface area contributed by atoms with Gasteiger partial charge in [0.1, 0.15) is 6.54 Å². The second-order valence-corrected chi connectivity index (χ2v) is 8.73. The van der Waals surface area contributed by atoms with Gasteiger partial charge >= 0.3 is 5.69 Å². The van der Waals surface area contributed by atoms with E-state index in [0.29, 0.717) is 18.5 Å². The largest absolute Gasteiger partial charge is 0.354 e. The lowest BCUT2D eigenvalue weighted by atomic mass is 10.1. The Labute approximate surface area is 206 Å². The van der Waals surface area contributed by atoms with Crippen LogP contribution in [0.1, 0.15) is 29.8 Å². The van der Waals surface area contributed by atoms with Crippen LogP contribution >= 0.6 is 0 Å². The van der Waals surface area contributed by atoms with Crippen LogP contribution in [0.2, 0.25) is 0 Å². The number of fused-ring (bicyclic) bond motifs is 3. The maximum Gasteiger partial charge on any atom is 0.352 e. The monoisotopic (exact) mass is 488 g/mol. The molecule has 2 aromatic heterocycles. The Morgan fingerprint density at radius 2 is 1.86 bits per heavy atom. The van der Waals surface area contributed by atoms with Crippen LogP contribution in [0.25, 0.3) is 16.7 Å². The van der Waals surface area contributed by atoms with E-state index in [9.17, 15) is 19.2 Å². The number of rotatable bonds is 9. The van der Waals surface area contributed by atoms with Crippen LogP contribution in [0, 0.1) is 0 Å². The first kappa shape index (κ1) is 24.6. The van der Waals surface area contributed by atoms with E-state index in [1.54, 1.807) is 6.07 Å². The number of allylic oxidation sites excluding steroid dienone is 1. The third-order valence-corrected chi connectivity index (χ3v) is 5.64. The molecule has 2 N–H and O–H groups in total. The second-order valence-electron chi connectivity index (χ2n) is 8.73. The fourth-order valence-electron chi connectivity index (χ4n) is 3.98. The normalized spacial score (nSPS) is 11.2. The molecule has 0 unspecified atom stereocenters. The third kappa shape index (κ3) is 4.97. The maximum absolute atomic E-state index is 13.3. The zero-order valence-corrected chi connectivity index (χ0v) is 20.2. The number of benzene rings is 2. The van der Waals surface area contributed by atoms with Crippen LogP contribution in [0.15, 0.2) is 70.8 Å². The summed E-state index contributed by atoms with van der Waals surface area (Å²) >= 11 is 0. The molecule has 0 aliphatic rings. The molecule has 2 amide bonds. The Morgan fingerprint density at radius 1 is 1.11 bits per heavy atom. The first-order valence-corrected chi connectivity index (χ1v) is 11.7. The highest BCUT2D eigenvalue weighted by atomic mass is 16.2. The predicted octanol–water partition coefficient (Wildman–Crippen LogP) is 1.49. The summed E-state index contributed by atoms with van der Waals surface area (Å²) in [5.74, 6) is -0.639. The Morgan fingerprint density at radius 3 is 2.56 bits per heavy atom. The molecule has 2 heterocycles. The minimum Gasteiger partial charge on any atom is -0.354 e. The number of nitrogens with zero attached hydrogens (tertiary/aromatic N) is 4. The smallest absolute Gasteiger partial charge is 0.352 e. The lowest BCUT2D eigenvalue weighted by Crippen LogP contribution is -2.34. The van der Waals surface area contributed by atoms with Gasteiger partial charge in [-0.25, -0.2) is 13.9 Å². The van der Waals surface area contributed by atoms with E-state index in [0.717, 1.165) is 10.2 Å². The van der Waals surface area contributed by atoms with Gasteiger partial charge in [0.2, 0.25) is 11.7 Å². The molecule has 0 spiro atoms. The third-order valence-electron chi connectivity index (χ3n) is 5.64. The summed E-state index contributed by atoms with van der Waals surface area (Å²) in [6, 6.07) is 14.2. The molecule has 0 atom stereocenters. The van der Waals surface area contributed by atoms with Gasteiger partial charge in [0, 0.05) is 24.7 Å². The Hall–Kier alpha value is -4.47. The fraction of sp³-hybridized carbons (Fsp3) is 0.269. The highest BCUT2D eigenvalue weighted by Crippen LogP contribution is 2.14. The summed E-state index contributed by atoms with van der Waals surface area (Å²) < 4.78 is 3.59. The number of carbonyl (C=O) groups is 2. The summed E-state index contributed by atoms with van der Waals surface area (Å²) in [5, 5.41) is 10.1. The summed E-state index contributed by atoms with van der Waals surface area (Å²) in [6.07, 6.45) is 2.18. The van der Waals surface area contributed by atoms with Crippen molar-refractivity contribution in [3.8, 4) is 0 Å². The second kappa shape index (κ2) is 10.4. The molecule has 0 aliphatic heterocycles. The molecule has 4 rings (SSSR count). The molecule has 0 fully saturated rings. The highest BCUT2D eigenvalue weighted by Gasteiger charge is 2.19. The lowest BCUT2D eigenvalue weighted by Gasteiger charge is -2.11. The molecular formula is C26H28N6O4. The molecule has 10 nitrogen and oxygen atoms in total. The molecular weight excluding hydrogens is 460 g/mol. The molecule has 2 aromatic carbocycles. The van der Waals surface area contributed by atoms with Gasteiger partial charge in [-0.05, 0) is 44.0 Å². The zero-order chi connectivity index (χ0) is 25.8. The van der Waals surface area contributed by atoms with Gasteiger partial charge in [0.25, 0.3) is 11.5 Å². The number of aromatic nitrogens is 4. The minimum absolute atomic E-state index is 0.0657. The van der Waals surface area contributed by atoms with Crippen molar-refractivity contribution in [1.29, 1.82) is 0 Å². The van der Waals surface area contributed by atoms with Crippen molar-refractivity contribution in [2.75, 3.05) is 6.54 Å². The molecule has 186 valence electrons. The van der Waals surface area contributed by atoms with E-state index in [4.69, 9.17) is 0 Å². The predicted molar refractivity (Wildman–Crippen MR) is 137 cm³/mol. The fourth-order valence-corrected chi connectivity index (χ4v) is 3.98. The number of carbonyl (C=O) groups excluding carboxylic acids is 2. The van der Waals surface area contributed by atoms with Crippen molar-refractivity contribution < 1.29 is 9.59 Å². The quantitative estimate of drug-likeness (QED) is 0.346. The van der Waals surface area contributed by atoms with Gasteiger partial charge in [0.15, 0.2) is 0 Å². The molecule has 36 heavy (non-hydrogen) atoms. The van der Waals surface area contributed by atoms with Gasteiger partial charge in [-0.1, -0.05) is 36.4 Å². The Kier molecular flexibility index (Phi) is 7.14.